The van der Waals surface area contributed by atoms with Crippen LogP contribution in [0.4, 0.5) is 28.7 Å². The minimum Gasteiger partial charge on any atom is -0.340 e. The van der Waals surface area contributed by atoms with Crippen molar-refractivity contribution >= 4 is 45.5 Å². The second kappa shape index (κ2) is 7.93. The number of para-hydroxylation sites is 1. The molecule has 7 nitrogen and oxygen atoms in total. The quantitative estimate of drug-likeness (QED) is 0.459. The topological polar surface area (TPSA) is 91.8 Å². The van der Waals surface area contributed by atoms with Gasteiger partial charge in [-0.25, -0.2) is 9.97 Å². The van der Waals surface area contributed by atoms with Crippen LogP contribution in [0.5, 0.6) is 0 Å². The van der Waals surface area contributed by atoms with Gasteiger partial charge in [0.1, 0.15) is 17.5 Å². The van der Waals surface area contributed by atoms with Crippen LogP contribution in [-0.2, 0) is 4.79 Å². The first-order chi connectivity index (χ1) is 14.1. The van der Waals surface area contributed by atoms with Crippen molar-refractivity contribution in [3.8, 4) is 0 Å². The van der Waals surface area contributed by atoms with E-state index >= 15 is 0 Å². The van der Waals surface area contributed by atoms with Gasteiger partial charge in [-0.05, 0) is 37.3 Å². The van der Waals surface area contributed by atoms with E-state index in [4.69, 9.17) is 0 Å². The maximum absolute atomic E-state index is 11.3. The van der Waals surface area contributed by atoms with Crippen molar-refractivity contribution in [2.45, 2.75) is 13.8 Å². The van der Waals surface area contributed by atoms with Gasteiger partial charge < -0.3 is 16.0 Å². The molecule has 0 saturated heterocycles. The molecule has 0 aliphatic carbocycles. The number of nitrogens with one attached hydrogen (secondary N) is 3. The number of rotatable bonds is 5. The average Bonchev–Trinajstić information content (AvgIpc) is 2.68. The van der Waals surface area contributed by atoms with Gasteiger partial charge in [0, 0.05) is 35.9 Å². The number of amides is 1. The maximum atomic E-state index is 11.3. The Bertz CT molecular complexity index is 1190. The minimum absolute atomic E-state index is 0.116. The average molecular weight is 384 g/mol. The number of anilines is 5. The van der Waals surface area contributed by atoms with Crippen LogP contribution in [0.3, 0.4) is 0 Å². The Labute approximate surface area is 168 Å². The van der Waals surface area contributed by atoms with Crippen LogP contribution in [-0.4, -0.2) is 20.9 Å². The molecule has 2 aromatic carbocycles. The van der Waals surface area contributed by atoms with Crippen molar-refractivity contribution in [2.75, 3.05) is 16.0 Å². The Morgan fingerprint density at radius 1 is 0.862 bits per heavy atom. The second-order valence-corrected chi connectivity index (χ2v) is 6.58. The fraction of sp³-hybridized carbons (Fsp3) is 0.0909. The highest BCUT2D eigenvalue weighted by molar-refractivity contribution is 5.92. The van der Waals surface area contributed by atoms with E-state index in [0.717, 1.165) is 22.3 Å². The zero-order chi connectivity index (χ0) is 20.2. The second-order valence-electron chi connectivity index (χ2n) is 6.58. The molecule has 0 aliphatic rings. The number of pyridine rings is 1. The molecule has 3 N–H and O–H groups in total. The summed E-state index contributed by atoms with van der Waals surface area (Å²) < 4.78 is 0. The lowest BCUT2D eigenvalue weighted by molar-refractivity contribution is -0.114. The summed E-state index contributed by atoms with van der Waals surface area (Å²) in [5, 5.41) is 10.4. The van der Waals surface area contributed by atoms with Crippen LogP contribution >= 0.6 is 0 Å². The largest absolute Gasteiger partial charge is 0.340 e. The highest BCUT2D eigenvalue weighted by atomic mass is 16.1. The fourth-order valence-corrected chi connectivity index (χ4v) is 3.06. The van der Waals surface area contributed by atoms with Crippen LogP contribution in [0, 0.1) is 6.92 Å². The molecule has 0 fully saturated rings. The van der Waals surface area contributed by atoms with Gasteiger partial charge in [-0.3, -0.25) is 9.78 Å². The van der Waals surface area contributed by atoms with Crippen molar-refractivity contribution in [1.82, 2.24) is 15.0 Å². The Morgan fingerprint density at radius 3 is 2.41 bits per heavy atom. The Hall–Kier alpha value is -4.00. The number of carbonyl (C=O) groups is 1. The zero-order valence-electron chi connectivity index (χ0n) is 16.1. The number of benzene rings is 2. The van der Waals surface area contributed by atoms with Crippen molar-refractivity contribution < 1.29 is 4.79 Å². The first kappa shape index (κ1) is 18.4. The lowest BCUT2D eigenvalue weighted by Crippen LogP contribution is -2.06. The summed E-state index contributed by atoms with van der Waals surface area (Å²) >= 11 is 0. The lowest BCUT2D eigenvalue weighted by atomic mass is 10.2. The van der Waals surface area contributed by atoms with E-state index < -0.39 is 0 Å². The van der Waals surface area contributed by atoms with Crippen molar-refractivity contribution in [2.24, 2.45) is 0 Å². The van der Waals surface area contributed by atoms with Gasteiger partial charge in [0.05, 0.1) is 11.2 Å². The highest BCUT2D eigenvalue weighted by Gasteiger charge is 2.07. The summed E-state index contributed by atoms with van der Waals surface area (Å²) in [5.41, 5.74) is 3.28. The van der Waals surface area contributed by atoms with Crippen LogP contribution in [0.2, 0.25) is 0 Å². The predicted octanol–water partition coefficient (Wildman–Crippen LogP) is 4.78. The first-order valence-electron chi connectivity index (χ1n) is 9.18. The molecule has 4 aromatic rings. The first-order valence-corrected chi connectivity index (χ1v) is 9.18. The number of hydrogen-bond acceptors (Lipinski definition) is 6. The number of nitrogens with zero attached hydrogens (tertiary/aromatic N) is 3. The SMILES string of the molecule is CC(=O)Nc1cccc(Nc2cc(Nc3cccc4cccnc34)nc(C)n2)c1. The van der Waals surface area contributed by atoms with E-state index in [1.54, 1.807) is 6.20 Å². The van der Waals surface area contributed by atoms with E-state index in [0.29, 0.717) is 23.1 Å². The van der Waals surface area contributed by atoms with Gasteiger partial charge in [-0.15, -0.1) is 0 Å². The number of carbonyl (C=O) groups excluding carboxylic acids is 1. The van der Waals surface area contributed by atoms with E-state index in [1.807, 2.05) is 67.6 Å². The summed E-state index contributed by atoms with van der Waals surface area (Å²) in [6.07, 6.45) is 1.77. The standard InChI is InChI=1S/C22H20N6O/c1-14-24-20(27-18-9-4-8-17(12-18)26-15(2)29)13-21(25-14)28-19-10-3-6-16-7-5-11-23-22(16)19/h3-13H,1-2H3,(H,26,29)(H2,24,25,27,28). The maximum Gasteiger partial charge on any atom is 0.221 e. The van der Waals surface area contributed by atoms with Crippen LogP contribution in [0.1, 0.15) is 12.7 Å². The Balaban J connectivity index is 1.60. The molecular formula is C22H20N6O. The molecule has 0 aliphatic heterocycles. The molecule has 0 bridgehead atoms. The van der Waals surface area contributed by atoms with Crippen molar-refractivity contribution in [1.29, 1.82) is 0 Å². The van der Waals surface area contributed by atoms with Gasteiger partial charge in [-0.2, -0.15) is 0 Å². The van der Waals surface area contributed by atoms with Crippen molar-refractivity contribution in [3.63, 3.8) is 0 Å². The smallest absolute Gasteiger partial charge is 0.221 e. The summed E-state index contributed by atoms with van der Waals surface area (Å²) in [6, 6.07) is 19.2. The van der Waals surface area contributed by atoms with Gasteiger partial charge in [0.25, 0.3) is 0 Å². The minimum atomic E-state index is -0.116. The summed E-state index contributed by atoms with van der Waals surface area (Å²) in [6.45, 7) is 3.32. The van der Waals surface area contributed by atoms with Crippen molar-refractivity contribution in [3.05, 3.63) is 72.7 Å². The van der Waals surface area contributed by atoms with Crippen LogP contribution in [0.25, 0.3) is 10.9 Å². The number of aromatic nitrogens is 3. The zero-order valence-corrected chi connectivity index (χ0v) is 16.1. The number of fused-ring (bicyclic) bond motifs is 1. The summed E-state index contributed by atoms with van der Waals surface area (Å²) in [5.74, 6) is 1.82. The highest BCUT2D eigenvalue weighted by Crippen LogP contribution is 2.26. The van der Waals surface area contributed by atoms with E-state index in [2.05, 4.69) is 30.9 Å². The summed E-state index contributed by atoms with van der Waals surface area (Å²) in [7, 11) is 0. The van der Waals surface area contributed by atoms with Gasteiger partial charge in [-0.1, -0.05) is 24.3 Å². The molecule has 144 valence electrons. The van der Waals surface area contributed by atoms with E-state index in [-0.39, 0.29) is 5.91 Å². The van der Waals surface area contributed by atoms with Crippen LogP contribution < -0.4 is 16.0 Å². The monoisotopic (exact) mass is 384 g/mol. The molecule has 2 aromatic heterocycles. The van der Waals surface area contributed by atoms with E-state index in [1.165, 1.54) is 6.92 Å². The molecule has 0 saturated carbocycles. The summed E-state index contributed by atoms with van der Waals surface area (Å²) in [4.78, 5) is 24.7. The molecule has 0 unspecified atom stereocenters. The number of aryl methyl sites for hydroxylation is 1. The normalized spacial score (nSPS) is 10.6. The Morgan fingerprint density at radius 2 is 1.59 bits per heavy atom. The molecule has 29 heavy (non-hydrogen) atoms. The number of hydrogen-bond donors (Lipinski definition) is 3. The molecule has 2 heterocycles. The van der Waals surface area contributed by atoms with Crippen LogP contribution in [0.15, 0.2) is 66.9 Å². The van der Waals surface area contributed by atoms with E-state index in [9.17, 15) is 4.79 Å². The third-order valence-corrected chi connectivity index (χ3v) is 4.19. The molecule has 0 radical (unpaired) electrons. The fourth-order valence-electron chi connectivity index (χ4n) is 3.06. The third-order valence-electron chi connectivity index (χ3n) is 4.19. The molecule has 0 spiro atoms. The van der Waals surface area contributed by atoms with Gasteiger partial charge in [0.15, 0.2) is 0 Å². The lowest BCUT2D eigenvalue weighted by Gasteiger charge is -2.12. The molecular weight excluding hydrogens is 364 g/mol. The van der Waals surface area contributed by atoms with Gasteiger partial charge in [0.2, 0.25) is 5.91 Å². The molecule has 1 amide bonds. The molecule has 7 heteroatoms. The molecule has 0 atom stereocenters. The van der Waals surface area contributed by atoms with Gasteiger partial charge >= 0.3 is 0 Å². The predicted molar refractivity (Wildman–Crippen MR) is 116 cm³/mol. The third kappa shape index (κ3) is 4.47. The molecule has 4 rings (SSSR count). The Kier molecular flexibility index (Phi) is 5.03.